The molecule has 1 atom stereocenters. The van der Waals surface area contributed by atoms with Crippen LogP contribution >= 0.6 is 11.3 Å². The van der Waals surface area contributed by atoms with Crippen molar-refractivity contribution in [2.75, 3.05) is 14.2 Å². The fourth-order valence-corrected chi connectivity index (χ4v) is 2.76. The summed E-state index contributed by atoms with van der Waals surface area (Å²) in [6, 6.07) is 5.29. The van der Waals surface area contributed by atoms with Gasteiger partial charge in [-0.3, -0.25) is 4.90 Å². The molecular weight excluding hydrogens is 291 g/mol. The highest BCUT2D eigenvalue weighted by Gasteiger charge is 2.26. The number of hydrogen-bond acceptors (Lipinski definition) is 5. The molecule has 0 unspecified atom stereocenters. The second-order valence-electron chi connectivity index (χ2n) is 4.75. The first-order chi connectivity index (χ1) is 10.0. The first-order valence-electron chi connectivity index (χ1n) is 6.46. The van der Waals surface area contributed by atoms with Crippen molar-refractivity contribution < 1.29 is 13.9 Å². The first-order valence-corrected chi connectivity index (χ1v) is 7.33. The van der Waals surface area contributed by atoms with Crippen LogP contribution in [-0.4, -0.2) is 30.0 Å². The number of likely N-dealkylation sites (N-methyl/N-ethyl adjacent to an activating group) is 1. The number of halogens is 1. The monoisotopic (exact) mass is 308 g/mol. The molecule has 21 heavy (non-hydrogen) atoms. The van der Waals surface area contributed by atoms with Crippen molar-refractivity contribution in [3.05, 3.63) is 51.7 Å². The Labute approximate surface area is 127 Å². The lowest BCUT2D eigenvalue weighted by Gasteiger charge is -2.25. The number of esters is 1. The van der Waals surface area contributed by atoms with Gasteiger partial charge < -0.3 is 4.74 Å². The molecule has 2 rings (SSSR count). The van der Waals surface area contributed by atoms with E-state index in [-0.39, 0.29) is 11.8 Å². The molecule has 0 radical (unpaired) electrons. The van der Waals surface area contributed by atoms with Gasteiger partial charge in [0.15, 0.2) is 0 Å². The quantitative estimate of drug-likeness (QED) is 0.797. The van der Waals surface area contributed by atoms with Crippen molar-refractivity contribution in [3.63, 3.8) is 0 Å². The van der Waals surface area contributed by atoms with Gasteiger partial charge in [-0.2, -0.15) is 0 Å². The largest absolute Gasteiger partial charge is 0.468 e. The molecule has 0 amide bonds. The number of rotatable bonds is 5. The number of carbonyl (C=O) groups is 1. The zero-order valence-corrected chi connectivity index (χ0v) is 13.0. The minimum Gasteiger partial charge on any atom is -0.468 e. The fourth-order valence-electron chi connectivity index (χ4n) is 2.15. The van der Waals surface area contributed by atoms with E-state index in [1.165, 1.54) is 19.2 Å². The van der Waals surface area contributed by atoms with Gasteiger partial charge in [0.05, 0.1) is 17.8 Å². The van der Waals surface area contributed by atoms with E-state index in [9.17, 15) is 9.18 Å². The van der Waals surface area contributed by atoms with Crippen LogP contribution < -0.4 is 0 Å². The third kappa shape index (κ3) is 3.86. The Hall–Kier alpha value is -1.79. The summed E-state index contributed by atoms with van der Waals surface area (Å²) < 4.78 is 17.9. The number of aromatic nitrogens is 1. The van der Waals surface area contributed by atoms with Crippen LogP contribution in [0.1, 0.15) is 22.3 Å². The Balaban J connectivity index is 2.22. The van der Waals surface area contributed by atoms with E-state index in [2.05, 4.69) is 4.98 Å². The third-order valence-electron chi connectivity index (χ3n) is 3.13. The molecule has 1 aromatic carbocycles. The molecule has 6 heteroatoms. The molecule has 0 saturated heterocycles. The molecule has 1 aromatic heterocycles. The van der Waals surface area contributed by atoms with E-state index in [0.29, 0.717) is 12.1 Å². The topological polar surface area (TPSA) is 42.4 Å². The Morgan fingerprint density at radius 2 is 2.10 bits per heavy atom. The average molecular weight is 308 g/mol. The van der Waals surface area contributed by atoms with Crippen molar-refractivity contribution in [1.29, 1.82) is 0 Å². The van der Waals surface area contributed by atoms with E-state index < -0.39 is 6.04 Å². The number of nitrogens with zero attached hydrogens (tertiary/aromatic N) is 2. The summed E-state index contributed by atoms with van der Waals surface area (Å²) in [5.74, 6) is -0.712. The maximum absolute atomic E-state index is 13.0. The number of methoxy groups -OCH3 is 1. The maximum atomic E-state index is 13.0. The summed E-state index contributed by atoms with van der Waals surface area (Å²) in [6.07, 6.45) is 0. The zero-order valence-electron chi connectivity index (χ0n) is 12.2. The van der Waals surface area contributed by atoms with Gasteiger partial charge in [-0.25, -0.2) is 14.2 Å². The molecule has 2 aromatic rings. The minimum atomic E-state index is -0.586. The van der Waals surface area contributed by atoms with Gasteiger partial charge in [0.1, 0.15) is 11.9 Å². The zero-order chi connectivity index (χ0) is 15.4. The summed E-state index contributed by atoms with van der Waals surface area (Å²) in [4.78, 5) is 18.3. The van der Waals surface area contributed by atoms with Gasteiger partial charge in [0.2, 0.25) is 0 Å². The molecule has 0 fully saturated rings. The van der Waals surface area contributed by atoms with Crippen molar-refractivity contribution in [2.45, 2.75) is 19.5 Å². The third-order valence-corrected chi connectivity index (χ3v) is 3.95. The highest BCUT2D eigenvalue weighted by atomic mass is 32.1. The van der Waals surface area contributed by atoms with Crippen LogP contribution in [0.25, 0.3) is 0 Å². The van der Waals surface area contributed by atoms with Crippen LogP contribution in [-0.2, 0) is 16.1 Å². The summed E-state index contributed by atoms with van der Waals surface area (Å²) >= 11 is 1.57. The fraction of sp³-hybridized carbons (Fsp3) is 0.333. The molecule has 0 aliphatic heterocycles. The lowest BCUT2D eigenvalue weighted by atomic mass is 10.1. The van der Waals surface area contributed by atoms with Gasteiger partial charge in [0, 0.05) is 11.9 Å². The standard InChI is InChI=1S/C15H17FN2O2S/c1-10-17-13(9-21-10)8-18(2)14(15(19)20-3)11-4-6-12(16)7-5-11/h4-7,9,14H,8H2,1-3H3/t14-/m0/s1. The first kappa shape index (κ1) is 15.6. The molecule has 0 N–H and O–H groups in total. The molecule has 0 spiro atoms. The molecule has 0 bridgehead atoms. The van der Waals surface area contributed by atoms with Gasteiger partial charge in [-0.05, 0) is 31.7 Å². The van der Waals surface area contributed by atoms with Crippen LogP contribution in [0.3, 0.4) is 0 Å². The van der Waals surface area contributed by atoms with E-state index >= 15 is 0 Å². The second-order valence-corrected chi connectivity index (χ2v) is 5.81. The Kier molecular flexibility index (Phi) is 5.03. The van der Waals surface area contributed by atoms with Crippen LogP contribution in [0.15, 0.2) is 29.6 Å². The smallest absolute Gasteiger partial charge is 0.327 e. The number of ether oxygens (including phenoxy) is 1. The summed E-state index contributed by atoms with van der Waals surface area (Å²) in [5.41, 5.74) is 1.59. The van der Waals surface area contributed by atoms with Gasteiger partial charge >= 0.3 is 5.97 Å². The maximum Gasteiger partial charge on any atom is 0.327 e. The normalized spacial score (nSPS) is 12.4. The van der Waals surface area contributed by atoms with Crippen LogP contribution in [0, 0.1) is 12.7 Å². The van der Waals surface area contributed by atoms with Crippen LogP contribution in [0.2, 0.25) is 0 Å². The molecule has 0 aliphatic carbocycles. The second kappa shape index (κ2) is 6.78. The Bertz CT molecular complexity index is 612. The highest BCUT2D eigenvalue weighted by Crippen LogP contribution is 2.23. The van der Waals surface area contributed by atoms with Crippen molar-refractivity contribution >= 4 is 17.3 Å². The van der Waals surface area contributed by atoms with Gasteiger partial charge in [-0.1, -0.05) is 12.1 Å². The predicted molar refractivity (Wildman–Crippen MR) is 79.5 cm³/mol. The van der Waals surface area contributed by atoms with E-state index in [4.69, 9.17) is 4.74 Å². The lowest BCUT2D eigenvalue weighted by molar-refractivity contribution is -0.147. The number of carbonyl (C=O) groups excluding carboxylic acids is 1. The predicted octanol–water partition coefficient (Wildman–Crippen LogP) is 2.94. The van der Waals surface area contributed by atoms with Crippen molar-refractivity contribution in [3.8, 4) is 0 Å². The van der Waals surface area contributed by atoms with E-state index in [1.807, 2.05) is 24.3 Å². The summed E-state index contributed by atoms with van der Waals surface area (Å²) in [7, 11) is 3.17. The van der Waals surface area contributed by atoms with E-state index in [0.717, 1.165) is 10.7 Å². The summed E-state index contributed by atoms with van der Waals surface area (Å²) in [5, 5.41) is 2.94. The number of thiazole rings is 1. The molecule has 0 saturated carbocycles. The summed E-state index contributed by atoms with van der Waals surface area (Å²) in [6.45, 7) is 2.45. The minimum absolute atomic E-state index is 0.333. The van der Waals surface area contributed by atoms with Gasteiger partial charge in [-0.15, -0.1) is 11.3 Å². The Morgan fingerprint density at radius 3 is 2.62 bits per heavy atom. The number of benzene rings is 1. The van der Waals surface area contributed by atoms with Crippen LogP contribution in [0.5, 0.6) is 0 Å². The van der Waals surface area contributed by atoms with Crippen molar-refractivity contribution in [1.82, 2.24) is 9.88 Å². The molecular formula is C15H17FN2O2S. The van der Waals surface area contributed by atoms with E-state index in [1.54, 1.807) is 23.5 Å². The molecule has 0 aliphatic rings. The lowest BCUT2D eigenvalue weighted by Crippen LogP contribution is -2.31. The highest BCUT2D eigenvalue weighted by molar-refractivity contribution is 7.09. The molecule has 112 valence electrons. The van der Waals surface area contributed by atoms with Crippen molar-refractivity contribution in [2.24, 2.45) is 0 Å². The molecule has 4 nitrogen and oxygen atoms in total. The average Bonchev–Trinajstić information content (AvgIpc) is 2.86. The Morgan fingerprint density at radius 1 is 1.43 bits per heavy atom. The van der Waals surface area contributed by atoms with Crippen LogP contribution in [0.4, 0.5) is 4.39 Å². The van der Waals surface area contributed by atoms with Gasteiger partial charge in [0.25, 0.3) is 0 Å². The SMILES string of the molecule is COC(=O)[C@H](c1ccc(F)cc1)N(C)Cc1csc(C)n1. The number of hydrogen-bond donors (Lipinski definition) is 0. The number of aryl methyl sites for hydroxylation is 1. The molecule has 1 heterocycles.